The van der Waals surface area contributed by atoms with E-state index in [2.05, 4.69) is 0 Å². The Morgan fingerprint density at radius 3 is 2.41 bits per heavy atom. The molecule has 0 bridgehead atoms. The maximum absolute atomic E-state index is 13.2. The highest BCUT2D eigenvalue weighted by atomic mass is 35.5. The molecule has 0 aromatic heterocycles. The van der Waals surface area contributed by atoms with Crippen LogP contribution >= 0.6 is 23.2 Å². The Hall–Kier alpha value is -2.12. The molecule has 0 spiro atoms. The molecule has 2 saturated heterocycles. The van der Waals surface area contributed by atoms with Gasteiger partial charge >= 0.3 is 0 Å². The molecule has 6 nitrogen and oxygen atoms in total. The van der Waals surface area contributed by atoms with Crippen LogP contribution in [0.1, 0.15) is 33.6 Å². The highest BCUT2D eigenvalue weighted by Gasteiger charge is 2.30. The Morgan fingerprint density at radius 2 is 1.69 bits per heavy atom. The molecule has 2 aliphatic rings. The summed E-state index contributed by atoms with van der Waals surface area (Å²) in [5.74, 6) is -0.186. The maximum atomic E-state index is 13.2. The van der Waals surface area contributed by atoms with E-state index in [-0.39, 0.29) is 24.0 Å². The Balaban J connectivity index is 1.45. The second kappa shape index (κ2) is 10.7. The van der Waals surface area contributed by atoms with Gasteiger partial charge in [-0.2, -0.15) is 0 Å². The number of carbonyl (C=O) groups is 2. The topological polar surface area (TPSA) is 59.1 Å². The minimum absolute atomic E-state index is 0.0280. The number of benzene rings is 2. The van der Waals surface area contributed by atoms with Gasteiger partial charge in [-0.1, -0.05) is 41.4 Å². The van der Waals surface area contributed by atoms with E-state index in [1.807, 2.05) is 30.3 Å². The van der Waals surface area contributed by atoms with Gasteiger partial charge in [0.25, 0.3) is 11.8 Å². The minimum atomic E-state index is -0.287. The van der Waals surface area contributed by atoms with Gasteiger partial charge in [-0.3, -0.25) is 9.59 Å². The first-order valence-electron chi connectivity index (χ1n) is 10.8. The summed E-state index contributed by atoms with van der Waals surface area (Å²) in [6.07, 6.45) is 1.68. The molecule has 8 heteroatoms. The summed E-state index contributed by atoms with van der Waals surface area (Å²) >= 11 is 12.1. The highest BCUT2D eigenvalue weighted by Crippen LogP contribution is 2.24. The standard InChI is InChI=1S/C24H26Cl2N2O4/c25-21-9-8-18(13-22(21)26)24(30)27-10-12-32-20(15-27)16-28(14-19-7-4-11-31-19)23(29)17-5-2-1-3-6-17/h1-3,5-6,8-9,13,19-20H,4,7,10-12,14-16H2. The molecule has 2 fully saturated rings. The second-order valence-electron chi connectivity index (χ2n) is 8.08. The van der Waals surface area contributed by atoms with Crippen molar-refractivity contribution in [3.8, 4) is 0 Å². The van der Waals surface area contributed by atoms with E-state index in [0.29, 0.717) is 54.0 Å². The zero-order chi connectivity index (χ0) is 22.5. The number of carbonyl (C=O) groups excluding carboxylic acids is 2. The number of morpholine rings is 1. The van der Waals surface area contributed by atoms with E-state index in [1.54, 1.807) is 28.0 Å². The van der Waals surface area contributed by atoms with Crippen molar-refractivity contribution < 1.29 is 19.1 Å². The van der Waals surface area contributed by atoms with Gasteiger partial charge in [-0.05, 0) is 43.2 Å². The van der Waals surface area contributed by atoms with Crippen LogP contribution in [0.15, 0.2) is 48.5 Å². The molecule has 2 aliphatic heterocycles. The third-order valence-corrected chi connectivity index (χ3v) is 6.51. The molecule has 2 heterocycles. The molecule has 2 atom stereocenters. The fourth-order valence-electron chi connectivity index (χ4n) is 4.11. The number of nitrogens with zero attached hydrogens (tertiary/aromatic N) is 2. The SMILES string of the molecule is O=C(c1ccc(Cl)c(Cl)c1)N1CCOC(CN(CC2CCCO2)C(=O)c2ccccc2)C1. The average Bonchev–Trinajstić information content (AvgIpc) is 3.33. The zero-order valence-corrected chi connectivity index (χ0v) is 19.2. The van der Waals surface area contributed by atoms with Crippen LogP contribution < -0.4 is 0 Å². The van der Waals surface area contributed by atoms with Crippen molar-refractivity contribution in [1.82, 2.24) is 9.80 Å². The normalized spacial score (nSPS) is 20.9. The highest BCUT2D eigenvalue weighted by molar-refractivity contribution is 6.42. The molecule has 4 rings (SSSR count). The molecule has 32 heavy (non-hydrogen) atoms. The Labute approximate surface area is 198 Å². The number of rotatable bonds is 6. The number of hydrogen-bond acceptors (Lipinski definition) is 4. The molecule has 0 aliphatic carbocycles. The third-order valence-electron chi connectivity index (χ3n) is 5.77. The molecule has 170 valence electrons. The lowest BCUT2D eigenvalue weighted by Crippen LogP contribution is -2.51. The first kappa shape index (κ1) is 23.1. The van der Waals surface area contributed by atoms with E-state index in [4.69, 9.17) is 32.7 Å². The predicted molar refractivity (Wildman–Crippen MR) is 123 cm³/mol. The van der Waals surface area contributed by atoms with Crippen molar-refractivity contribution in [1.29, 1.82) is 0 Å². The molecule has 0 radical (unpaired) electrons. The Morgan fingerprint density at radius 1 is 0.938 bits per heavy atom. The van der Waals surface area contributed by atoms with Gasteiger partial charge in [0.1, 0.15) is 0 Å². The van der Waals surface area contributed by atoms with Crippen LogP contribution in [0.5, 0.6) is 0 Å². The van der Waals surface area contributed by atoms with E-state index >= 15 is 0 Å². The van der Waals surface area contributed by atoms with Crippen molar-refractivity contribution in [2.24, 2.45) is 0 Å². The Kier molecular flexibility index (Phi) is 7.68. The van der Waals surface area contributed by atoms with Gasteiger partial charge in [-0.25, -0.2) is 0 Å². The number of hydrogen-bond donors (Lipinski definition) is 0. The number of amides is 2. The van der Waals surface area contributed by atoms with Crippen molar-refractivity contribution in [2.45, 2.75) is 25.0 Å². The average molecular weight is 477 g/mol. The molecule has 0 N–H and O–H groups in total. The van der Waals surface area contributed by atoms with Gasteiger partial charge in [0, 0.05) is 43.9 Å². The molecular weight excluding hydrogens is 451 g/mol. The summed E-state index contributed by atoms with van der Waals surface area (Å²) in [6.45, 7) is 2.90. The van der Waals surface area contributed by atoms with E-state index in [1.165, 1.54) is 0 Å². The van der Waals surface area contributed by atoms with Crippen LogP contribution in [0, 0.1) is 0 Å². The summed E-state index contributed by atoms with van der Waals surface area (Å²) < 4.78 is 11.7. The van der Waals surface area contributed by atoms with Crippen LogP contribution in [0.4, 0.5) is 0 Å². The molecule has 0 saturated carbocycles. The van der Waals surface area contributed by atoms with Crippen LogP contribution in [-0.4, -0.2) is 73.2 Å². The smallest absolute Gasteiger partial charge is 0.254 e. The van der Waals surface area contributed by atoms with Crippen molar-refractivity contribution in [3.05, 3.63) is 69.7 Å². The molecule has 2 unspecified atom stereocenters. The maximum Gasteiger partial charge on any atom is 0.254 e. The predicted octanol–water partition coefficient (Wildman–Crippen LogP) is 4.16. The van der Waals surface area contributed by atoms with Crippen molar-refractivity contribution in [2.75, 3.05) is 39.4 Å². The van der Waals surface area contributed by atoms with Gasteiger partial charge in [0.15, 0.2) is 0 Å². The van der Waals surface area contributed by atoms with E-state index in [9.17, 15) is 9.59 Å². The summed E-state index contributed by atoms with van der Waals surface area (Å²) in [6, 6.07) is 14.1. The lowest BCUT2D eigenvalue weighted by Gasteiger charge is -2.36. The minimum Gasteiger partial charge on any atom is -0.376 e. The van der Waals surface area contributed by atoms with Crippen LogP contribution in [0.2, 0.25) is 10.0 Å². The quantitative estimate of drug-likeness (QED) is 0.627. The monoisotopic (exact) mass is 476 g/mol. The van der Waals surface area contributed by atoms with Gasteiger partial charge in [0.2, 0.25) is 0 Å². The van der Waals surface area contributed by atoms with Crippen molar-refractivity contribution >= 4 is 35.0 Å². The lowest BCUT2D eigenvalue weighted by molar-refractivity contribution is -0.0375. The first-order chi connectivity index (χ1) is 15.5. The van der Waals surface area contributed by atoms with Gasteiger partial charge in [-0.15, -0.1) is 0 Å². The van der Waals surface area contributed by atoms with Gasteiger partial charge < -0.3 is 19.3 Å². The number of ether oxygens (including phenoxy) is 2. The lowest BCUT2D eigenvalue weighted by atomic mass is 10.1. The van der Waals surface area contributed by atoms with Crippen LogP contribution in [0.3, 0.4) is 0 Å². The fourth-order valence-corrected chi connectivity index (χ4v) is 4.41. The third kappa shape index (κ3) is 5.62. The van der Waals surface area contributed by atoms with E-state index < -0.39 is 0 Å². The Bertz CT molecular complexity index is 950. The van der Waals surface area contributed by atoms with E-state index in [0.717, 1.165) is 19.4 Å². The van der Waals surface area contributed by atoms with Crippen LogP contribution in [0.25, 0.3) is 0 Å². The number of halogens is 2. The molecule has 2 aromatic carbocycles. The zero-order valence-electron chi connectivity index (χ0n) is 17.7. The summed E-state index contributed by atoms with van der Waals surface area (Å²) in [4.78, 5) is 29.8. The second-order valence-corrected chi connectivity index (χ2v) is 8.90. The molecular formula is C24H26Cl2N2O4. The van der Waals surface area contributed by atoms with Gasteiger partial charge in [0.05, 0.1) is 28.9 Å². The largest absolute Gasteiger partial charge is 0.376 e. The molecule has 2 amide bonds. The fraction of sp³-hybridized carbons (Fsp3) is 0.417. The first-order valence-corrected chi connectivity index (χ1v) is 11.6. The van der Waals surface area contributed by atoms with Crippen LogP contribution in [-0.2, 0) is 9.47 Å². The summed E-state index contributed by atoms with van der Waals surface area (Å²) in [5, 5.41) is 0.755. The summed E-state index contributed by atoms with van der Waals surface area (Å²) in [5.41, 5.74) is 1.11. The van der Waals surface area contributed by atoms with Crippen molar-refractivity contribution in [3.63, 3.8) is 0 Å². The molecule has 2 aromatic rings. The summed E-state index contributed by atoms with van der Waals surface area (Å²) in [7, 11) is 0.